The van der Waals surface area contributed by atoms with Crippen molar-refractivity contribution in [3.8, 4) is 0 Å². The molecule has 0 amide bonds. The van der Waals surface area contributed by atoms with Crippen LogP contribution in [0.1, 0.15) is 46.7 Å². The molecule has 19 heavy (non-hydrogen) atoms. The minimum Gasteiger partial charge on any atom is -0.294 e. The van der Waals surface area contributed by atoms with E-state index in [-0.39, 0.29) is 5.78 Å². The van der Waals surface area contributed by atoms with Gasteiger partial charge in [-0.2, -0.15) is 0 Å². The third-order valence-corrected chi connectivity index (χ3v) is 4.33. The highest BCUT2D eigenvalue weighted by molar-refractivity contribution is 9.10. The Hall–Kier alpha value is -1.00. The SMILES string of the molecule is CC.CC(=O)c1sc(C)nc1Cc1ccccc1Br. The normalized spacial score (nSPS) is 9.74. The summed E-state index contributed by atoms with van der Waals surface area (Å²) in [6.07, 6.45) is 0.695. The average Bonchev–Trinajstić information content (AvgIpc) is 2.76. The molecule has 0 N–H and O–H groups in total. The number of Topliss-reactive ketones (excluding diaryl/α,β-unsaturated/α-hetero) is 1. The Labute approximate surface area is 127 Å². The Morgan fingerprint density at radius 3 is 2.53 bits per heavy atom. The van der Waals surface area contributed by atoms with E-state index in [4.69, 9.17) is 0 Å². The zero-order valence-corrected chi connectivity index (χ0v) is 14.1. The lowest BCUT2D eigenvalue weighted by atomic mass is 10.1. The molecule has 2 rings (SSSR count). The molecule has 0 aliphatic rings. The highest BCUT2D eigenvalue weighted by atomic mass is 79.9. The number of carbonyl (C=O) groups is 1. The van der Waals surface area contributed by atoms with Crippen LogP contribution in [0.15, 0.2) is 28.7 Å². The van der Waals surface area contributed by atoms with Gasteiger partial charge in [0.15, 0.2) is 5.78 Å². The summed E-state index contributed by atoms with van der Waals surface area (Å²) in [5.74, 6) is 0.0950. The molecule has 0 radical (unpaired) electrons. The fourth-order valence-corrected chi connectivity index (χ4v) is 2.94. The standard InChI is InChI=1S/C13H12BrNOS.C2H6/c1-8(16)13-12(15-9(2)17-13)7-10-5-3-4-6-11(10)14;1-2/h3-6H,7H2,1-2H3;1-2H3. The van der Waals surface area contributed by atoms with Gasteiger partial charge in [-0.15, -0.1) is 11.3 Å². The van der Waals surface area contributed by atoms with Gasteiger partial charge in [0.1, 0.15) is 0 Å². The molecule has 0 aliphatic carbocycles. The van der Waals surface area contributed by atoms with E-state index in [2.05, 4.69) is 20.9 Å². The molecular weight excluding hydrogens is 322 g/mol. The van der Waals surface area contributed by atoms with E-state index in [1.165, 1.54) is 11.3 Å². The molecule has 0 bridgehead atoms. The number of ketones is 1. The maximum atomic E-state index is 11.5. The highest BCUT2D eigenvalue weighted by Crippen LogP contribution is 2.24. The van der Waals surface area contributed by atoms with Crippen LogP contribution in [0.3, 0.4) is 0 Å². The van der Waals surface area contributed by atoms with Crippen LogP contribution in [0.25, 0.3) is 0 Å². The van der Waals surface area contributed by atoms with E-state index in [1.807, 2.05) is 45.0 Å². The van der Waals surface area contributed by atoms with Crippen molar-refractivity contribution in [3.05, 3.63) is 49.9 Å². The quantitative estimate of drug-likeness (QED) is 0.733. The molecule has 1 aromatic carbocycles. The zero-order valence-electron chi connectivity index (χ0n) is 11.7. The van der Waals surface area contributed by atoms with Crippen molar-refractivity contribution >= 4 is 33.0 Å². The van der Waals surface area contributed by atoms with E-state index >= 15 is 0 Å². The Kier molecular flexibility index (Phi) is 6.38. The minimum absolute atomic E-state index is 0.0950. The third kappa shape index (κ3) is 4.25. The summed E-state index contributed by atoms with van der Waals surface area (Å²) in [5.41, 5.74) is 2.03. The monoisotopic (exact) mass is 339 g/mol. The molecule has 0 saturated heterocycles. The van der Waals surface area contributed by atoms with Gasteiger partial charge < -0.3 is 0 Å². The second-order valence-electron chi connectivity index (χ2n) is 3.83. The van der Waals surface area contributed by atoms with Crippen molar-refractivity contribution in [2.24, 2.45) is 0 Å². The second-order valence-corrected chi connectivity index (χ2v) is 5.89. The smallest absolute Gasteiger partial charge is 0.171 e. The molecule has 4 heteroatoms. The fourth-order valence-electron chi connectivity index (χ4n) is 1.69. The van der Waals surface area contributed by atoms with Crippen LogP contribution in [0.4, 0.5) is 0 Å². The lowest BCUT2D eigenvalue weighted by Crippen LogP contribution is -1.98. The number of hydrogen-bond acceptors (Lipinski definition) is 3. The Balaban J connectivity index is 0.000000861. The first-order chi connectivity index (χ1) is 9.08. The van der Waals surface area contributed by atoms with Gasteiger partial charge in [-0.1, -0.05) is 48.0 Å². The maximum absolute atomic E-state index is 11.5. The topological polar surface area (TPSA) is 30.0 Å². The number of nitrogens with zero attached hydrogens (tertiary/aromatic N) is 1. The molecule has 2 nitrogen and oxygen atoms in total. The van der Waals surface area contributed by atoms with Crippen LogP contribution in [0.5, 0.6) is 0 Å². The molecule has 0 saturated carbocycles. The fraction of sp³-hybridized carbons (Fsp3) is 0.333. The number of aromatic nitrogens is 1. The highest BCUT2D eigenvalue weighted by Gasteiger charge is 2.14. The Bertz CT molecular complexity index is 563. The lowest BCUT2D eigenvalue weighted by molar-refractivity contribution is 0.102. The summed E-state index contributed by atoms with van der Waals surface area (Å²) in [7, 11) is 0. The Morgan fingerprint density at radius 1 is 1.32 bits per heavy atom. The predicted octanol–water partition coefficient (Wildman–Crippen LogP) is 5.03. The molecule has 1 aromatic heterocycles. The molecule has 0 spiro atoms. The average molecular weight is 340 g/mol. The molecule has 0 atom stereocenters. The summed E-state index contributed by atoms with van der Waals surface area (Å²) in [5, 5.41) is 0.942. The van der Waals surface area contributed by atoms with E-state index in [9.17, 15) is 4.79 Å². The van der Waals surface area contributed by atoms with Gasteiger partial charge in [0.05, 0.1) is 15.6 Å². The third-order valence-electron chi connectivity index (χ3n) is 2.44. The molecule has 102 valence electrons. The van der Waals surface area contributed by atoms with Crippen molar-refractivity contribution < 1.29 is 4.79 Å². The van der Waals surface area contributed by atoms with Crippen molar-refractivity contribution in [2.75, 3.05) is 0 Å². The predicted molar refractivity (Wildman–Crippen MR) is 85.2 cm³/mol. The second kappa shape index (κ2) is 7.56. The number of aryl methyl sites for hydroxylation is 1. The van der Waals surface area contributed by atoms with E-state index in [0.717, 1.165) is 25.6 Å². The molecule has 0 unspecified atom stereocenters. The minimum atomic E-state index is 0.0950. The van der Waals surface area contributed by atoms with Crippen molar-refractivity contribution in [1.29, 1.82) is 0 Å². The van der Waals surface area contributed by atoms with Crippen LogP contribution in [-0.4, -0.2) is 10.8 Å². The van der Waals surface area contributed by atoms with Crippen LogP contribution in [0.2, 0.25) is 0 Å². The van der Waals surface area contributed by atoms with E-state index < -0.39 is 0 Å². The van der Waals surface area contributed by atoms with Crippen LogP contribution in [-0.2, 0) is 6.42 Å². The van der Waals surface area contributed by atoms with Gasteiger partial charge in [-0.05, 0) is 18.6 Å². The zero-order chi connectivity index (χ0) is 14.4. The van der Waals surface area contributed by atoms with Crippen LogP contribution < -0.4 is 0 Å². The maximum Gasteiger partial charge on any atom is 0.171 e. The van der Waals surface area contributed by atoms with Gasteiger partial charge in [0.2, 0.25) is 0 Å². The summed E-state index contributed by atoms with van der Waals surface area (Å²) >= 11 is 4.98. The Morgan fingerprint density at radius 2 is 1.95 bits per heavy atom. The van der Waals surface area contributed by atoms with Crippen molar-refractivity contribution in [2.45, 2.75) is 34.1 Å². The molecule has 0 aliphatic heterocycles. The lowest BCUT2D eigenvalue weighted by Gasteiger charge is -2.03. The van der Waals surface area contributed by atoms with Crippen LogP contribution in [0, 0.1) is 6.92 Å². The molecule has 0 fully saturated rings. The first kappa shape index (κ1) is 16.1. The number of carbonyl (C=O) groups excluding carboxylic acids is 1. The number of thiazole rings is 1. The van der Waals surface area contributed by atoms with Gasteiger partial charge >= 0.3 is 0 Å². The van der Waals surface area contributed by atoms with Gasteiger partial charge in [0, 0.05) is 17.8 Å². The molecular formula is C15H18BrNOS. The first-order valence-electron chi connectivity index (χ1n) is 6.28. The molecule has 1 heterocycles. The summed E-state index contributed by atoms with van der Waals surface area (Å²) in [6, 6.07) is 8.02. The number of benzene rings is 1. The summed E-state index contributed by atoms with van der Waals surface area (Å²) < 4.78 is 1.06. The van der Waals surface area contributed by atoms with Gasteiger partial charge in [-0.25, -0.2) is 4.98 Å². The summed E-state index contributed by atoms with van der Waals surface area (Å²) in [6.45, 7) is 7.52. The van der Waals surface area contributed by atoms with E-state index in [1.54, 1.807) is 6.92 Å². The van der Waals surface area contributed by atoms with Crippen molar-refractivity contribution in [1.82, 2.24) is 4.98 Å². The van der Waals surface area contributed by atoms with Gasteiger partial charge in [0.25, 0.3) is 0 Å². The van der Waals surface area contributed by atoms with Crippen LogP contribution >= 0.6 is 27.3 Å². The summed E-state index contributed by atoms with van der Waals surface area (Å²) in [4.78, 5) is 16.7. The molecule has 2 aromatic rings. The van der Waals surface area contributed by atoms with Crippen molar-refractivity contribution in [3.63, 3.8) is 0 Å². The number of halogens is 1. The first-order valence-corrected chi connectivity index (χ1v) is 7.89. The largest absolute Gasteiger partial charge is 0.294 e. The number of hydrogen-bond donors (Lipinski definition) is 0. The van der Waals surface area contributed by atoms with Gasteiger partial charge in [-0.3, -0.25) is 4.79 Å². The number of rotatable bonds is 3. The van der Waals surface area contributed by atoms with E-state index in [0.29, 0.717) is 6.42 Å².